The van der Waals surface area contributed by atoms with Crippen molar-refractivity contribution in [3.05, 3.63) is 18.0 Å². The Labute approximate surface area is 122 Å². The van der Waals surface area contributed by atoms with E-state index in [0.717, 1.165) is 19.3 Å². The highest BCUT2D eigenvalue weighted by molar-refractivity contribution is 5.09. The Balaban J connectivity index is 1.65. The Morgan fingerprint density at radius 1 is 1.25 bits per heavy atom. The molecule has 2 N–H and O–H groups in total. The standard InChI is InChI=1S/C17H29N3/c1-16(2)9-10-17(18,13-16)12-14-8-11-20(19-14)15-6-4-3-5-7-15/h8,11,15H,3-7,9-10,12-13,18H2,1-2H3. The first-order valence-corrected chi connectivity index (χ1v) is 8.29. The topological polar surface area (TPSA) is 43.8 Å². The van der Waals surface area contributed by atoms with Gasteiger partial charge in [-0.15, -0.1) is 0 Å². The molecule has 2 saturated carbocycles. The molecule has 0 aromatic carbocycles. The van der Waals surface area contributed by atoms with Gasteiger partial charge in [0.25, 0.3) is 0 Å². The average Bonchev–Trinajstić information content (AvgIpc) is 2.95. The van der Waals surface area contributed by atoms with Gasteiger partial charge in [-0.3, -0.25) is 4.68 Å². The van der Waals surface area contributed by atoms with E-state index in [0.29, 0.717) is 11.5 Å². The van der Waals surface area contributed by atoms with Crippen LogP contribution in [0, 0.1) is 5.41 Å². The Hall–Kier alpha value is -0.830. The third-order valence-corrected chi connectivity index (χ3v) is 5.28. The second-order valence-corrected chi connectivity index (χ2v) is 7.96. The molecule has 1 unspecified atom stereocenters. The van der Waals surface area contributed by atoms with E-state index in [1.165, 1.54) is 44.2 Å². The number of nitrogens with two attached hydrogens (primary N) is 1. The fourth-order valence-corrected chi connectivity index (χ4v) is 4.25. The third-order valence-electron chi connectivity index (χ3n) is 5.28. The van der Waals surface area contributed by atoms with E-state index >= 15 is 0 Å². The maximum Gasteiger partial charge on any atom is 0.0643 e. The van der Waals surface area contributed by atoms with Crippen molar-refractivity contribution in [2.45, 2.75) is 83.2 Å². The molecule has 3 nitrogen and oxygen atoms in total. The van der Waals surface area contributed by atoms with Gasteiger partial charge < -0.3 is 5.73 Å². The zero-order valence-electron chi connectivity index (χ0n) is 13.1. The normalized spacial score (nSPS) is 30.8. The predicted octanol–water partition coefficient (Wildman–Crippen LogP) is 3.84. The summed E-state index contributed by atoms with van der Waals surface area (Å²) in [5.41, 5.74) is 8.17. The van der Waals surface area contributed by atoms with Crippen molar-refractivity contribution in [2.24, 2.45) is 11.1 Å². The molecular weight excluding hydrogens is 246 g/mol. The summed E-state index contributed by atoms with van der Waals surface area (Å²) in [5.74, 6) is 0. The smallest absolute Gasteiger partial charge is 0.0643 e. The van der Waals surface area contributed by atoms with Gasteiger partial charge in [0.15, 0.2) is 0 Å². The van der Waals surface area contributed by atoms with Crippen molar-refractivity contribution in [3.8, 4) is 0 Å². The lowest BCUT2D eigenvalue weighted by Gasteiger charge is -2.26. The van der Waals surface area contributed by atoms with Gasteiger partial charge in [-0.25, -0.2) is 0 Å². The third kappa shape index (κ3) is 3.08. The molecular formula is C17H29N3. The van der Waals surface area contributed by atoms with E-state index < -0.39 is 0 Å². The molecule has 0 bridgehead atoms. The maximum atomic E-state index is 6.61. The molecule has 2 aliphatic rings. The van der Waals surface area contributed by atoms with Gasteiger partial charge >= 0.3 is 0 Å². The second kappa shape index (κ2) is 5.18. The quantitative estimate of drug-likeness (QED) is 0.911. The molecule has 112 valence electrons. The van der Waals surface area contributed by atoms with Gasteiger partial charge in [-0.05, 0) is 43.6 Å². The number of hydrogen-bond donors (Lipinski definition) is 1. The second-order valence-electron chi connectivity index (χ2n) is 7.96. The molecule has 0 radical (unpaired) electrons. The Bertz CT molecular complexity index is 457. The van der Waals surface area contributed by atoms with E-state index in [1.54, 1.807) is 0 Å². The Kier molecular flexibility index (Phi) is 3.65. The number of hydrogen-bond acceptors (Lipinski definition) is 2. The lowest BCUT2D eigenvalue weighted by atomic mass is 9.86. The molecule has 0 spiro atoms. The molecule has 2 aliphatic carbocycles. The number of rotatable bonds is 3. The minimum Gasteiger partial charge on any atom is -0.325 e. The minimum absolute atomic E-state index is 0.0325. The van der Waals surface area contributed by atoms with Crippen LogP contribution in [0.1, 0.15) is 76.9 Å². The minimum atomic E-state index is -0.0325. The van der Waals surface area contributed by atoms with E-state index in [-0.39, 0.29) is 5.54 Å². The van der Waals surface area contributed by atoms with Crippen LogP contribution in [0.15, 0.2) is 12.3 Å². The molecule has 0 amide bonds. The van der Waals surface area contributed by atoms with Crippen LogP contribution in [-0.2, 0) is 6.42 Å². The summed E-state index contributed by atoms with van der Waals surface area (Å²) in [6.45, 7) is 4.67. The van der Waals surface area contributed by atoms with E-state index in [2.05, 4.69) is 30.8 Å². The van der Waals surface area contributed by atoms with Crippen molar-refractivity contribution in [1.29, 1.82) is 0 Å². The van der Waals surface area contributed by atoms with Crippen LogP contribution in [0.5, 0.6) is 0 Å². The van der Waals surface area contributed by atoms with E-state index in [1.807, 2.05) is 0 Å². The van der Waals surface area contributed by atoms with E-state index in [4.69, 9.17) is 10.8 Å². The summed E-state index contributed by atoms with van der Waals surface area (Å²) < 4.78 is 2.21. The van der Waals surface area contributed by atoms with Gasteiger partial charge in [-0.2, -0.15) is 5.10 Å². The van der Waals surface area contributed by atoms with Crippen molar-refractivity contribution >= 4 is 0 Å². The fraction of sp³-hybridized carbons (Fsp3) is 0.824. The molecule has 1 heterocycles. The number of aromatic nitrogens is 2. The van der Waals surface area contributed by atoms with Gasteiger partial charge in [0.2, 0.25) is 0 Å². The first kappa shape index (κ1) is 14.1. The lowest BCUT2D eigenvalue weighted by Crippen LogP contribution is -2.40. The largest absolute Gasteiger partial charge is 0.325 e. The Morgan fingerprint density at radius 2 is 2.00 bits per heavy atom. The molecule has 3 rings (SSSR count). The SMILES string of the molecule is CC1(C)CCC(N)(Cc2ccn(C3CCCCC3)n2)C1. The fourth-order valence-electron chi connectivity index (χ4n) is 4.25. The summed E-state index contributed by atoms with van der Waals surface area (Å²) in [5, 5.41) is 4.83. The van der Waals surface area contributed by atoms with Crippen LogP contribution < -0.4 is 5.73 Å². The first-order valence-electron chi connectivity index (χ1n) is 8.29. The van der Waals surface area contributed by atoms with Crippen LogP contribution in [0.25, 0.3) is 0 Å². The zero-order valence-corrected chi connectivity index (χ0v) is 13.1. The van der Waals surface area contributed by atoms with Gasteiger partial charge in [-0.1, -0.05) is 33.1 Å². The van der Waals surface area contributed by atoms with Crippen LogP contribution in [0.2, 0.25) is 0 Å². The molecule has 2 fully saturated rings. The summed E-state index contributed by atoms with van der Waals surface area (Å²) in [7, 11) is 0. The molecule has 0 saturated heterocycles. The van der Waals surface area contributed by atoms with Gasteiger partial charge in [0.05, 0.1) is 11.7 Å². The summed E-state index contributed by atoms with van der Waals surface area (Å²) in [4.78, 5) is 0. The maximum absolute atomic E-state index is 6.61. The van der Waals surface area contributed by atoms with Crippen LogP contribution in [-0.4, -0.2) is 15.3 Å². The zero-order chi connectivity index (χ0) is 14.2. The molecule has 3 heteroatoms. The van der Waals surface area contributed by atoms with Crippen molar-refractivity contribution in [3.63, 3.8) is 0 Å². The summed E-state index contributed by atoms with van der Waals surface area (Å²) >= 11 is 0. The van der Waals surface area contributed by atoms with Gasteiger partial charge in [0.1, 0.15) is 0 Å². The molecule has 1 aromatic rings. The average molecular weight is 275 g/mol. The monoisotopic (exact) mass is 275 g/mol. The number of nitrogens with zero attached hydrogens (tertiary/aromatic N) is 2. The van der Waals surface area contributed by atoms with Crippen molar-refractivity contribution < 1.29 is 0 Å². The highest BCUT2D eigenvalue weighted by atomic mass is 15.3. The summed E-state index contributed by atoms with van der Waals surface area (Å²) in [6, 6.07) is 2.82. The Morgan fingerprint density at radius 3 is 2.65 bits per heavy atom. The van der Waals surface area contributed by atoms with Crippen molar-refractivity contribution in [2.75, 3.05) is 0 Å². The highest BCUT2D eigenvalue weighted by Crippen LogP contribution is 2.43. The van der Waals surface area contributed by atoms with Crippen molar-refractivity contribution in [1.82, 2.24) is 9.78 Å². The molecule has 0 aliphatic heterocycles. The molecule has 1 atom stereocenters. The van der Waals surface area contributed by atoms with Crippen LogP contribution >= 0.6 is 0 Å². The molecule has 1 aromatic heterocycles. The molecule has 20 heavy (non-hydrogen) atoms. The highest BCUT2D eigenvalue weighted by Gasteiger charge is 2.40. The van der Waals surface area contributed by atoms with Crippen LogP contribution in [0.4, 0.5) is 0 Å². The lowest BCUT2D eigenvalue weighted by molar-refractivity contribution is 0.319. The van der Waals surface area contributed by atoms with E-state index in [9.17, 15) is 0 Å². The van der Waals surface area contributed by atoms with Crippen LogP contribution in [0.3, 0.4) is 0 Å². The first-order chi connectivity index (χ1) is 9.46. The predicted molar refractivity (Wildman–Crippen MR) is 82.6 cm³/mol. The summed E-state index contributed by atoms with van der Waals surface area (Å²) in [6.07, 6.45) is 13.3. The van der Waals surface area contributed by atoms with Gasteiger partial charge in [0, 0.05) is 18.2 Å².